The van der Waals surface area contributed by atoms with Crippen LogP contribution in [0.15, 0.2) is 24.3 Å². The van der Waals surface area contributed by atoms with E-state index < -0.39 is 35.4 Å². The van der Waals surface area contributed by atoms with Gasteiger partial charge in [0.1, 0.15) is 5.75 Å². The van der Waals surface area contributed by atoms with Crippen molar-refractivity contribution in [2.45, 2.75) is 50.8 Å². The highest BCUT2D eigenvalue weighted by molar-refractivity contribution is 5.93. The molecular weight excluding hydrogens is 492 g/mol. The van der Waals surface area contributed by atoms with Gasteiger partial charge in [0.15, 0.2) is 11.5 Å². The molecule has 2 aromatic heterocycles. The number of fused-ring (bicyclic) bond motifs is 3. The van der Waals surface area contributed by atoms with Crippen LogP contribution in [0.1, 0.15) is 41.9 Å². The van der Waals surface area contributed by atoms with Crippen LogP contribution in [0.3, 0.4) is 0 Å². The second-order valence-electron chi connectivity index (χ2n) is 9.06. The van der Waals surface area contributed by atoms with Gasteiger partial charge in [0.25, 0.3) is 0 Å². The molecule has 2 fully saturated rings. The van der Waals surface area contributed by atoms with E-state index in [1.807, 2.05) is 0 Å². The molecule has 0 amide bonds. The molecule has 2 unspecified atom stereocenters. The Kier molecular flexibility index (Phi) is 5.65. The first-order valence-electron chi connectivity index (χ1n) is 11.1. The minimum Gasteiger partial charge on any atom is -0.508 e. The lowest BCUT2D eigenvalue weighted by atomic mass is 10.0. The van der Waals surface area contributed by atoms with Gasteiger partial charge in [0.2, 0.25) is 0 Å². The van der Waals surface area contributed by atoms with Crippen LogP contribution in [0.5, 0.6) is 5.75 Å². The standard InChI is InChI=1S/C23H21F6N5O2/c1-10(12-3-13(22(24,25)26)5-15(35)4-12)30-21-17-7-18(34-8-16-6-14(34)9-36-16)20(23(27,28)29)31-19(17)11(2)32-33-21/h3-5,7,10,14,16,35H,6,8-9H2,1-2H3,(H,30,33)/t10-,14?,16?/m1/s1. The number of aromatic hydroxyl groups is 1. The number of phenolic OH excluding ortho intramolecular Hbond substituents is 1. The summed E-state index contributed by atoms with van der Waals surface area (Å²) in [5.74, 6) is -0.513. The van der Waals surface area contributed by atoms with E-state index in [1.165, 1.54) is 26.0 Å². The summed E-state index contributed by atoms with van der Waals surface area (Å²) in [6.45, 7) is 3.62. The van der Waals surface area contributed by atoms with Crippen molar-refractivity contribution in [3.05, 3.63) is 46.8 Å². The Hall–Kier alpha value is -3.35. The lowest BCUT2D eigenvalue weighted by Gasteiger charge is -2.31. The molecule has 3 atom stereocenters. The number of ether oxygens (including phenoxy) is 1. The smallest absolute Gasteiger partial charge is 0.435 e. The molecule has 2 aliphatic heterocycles. The number of aryl methyl sites for hydroxylation is 1. The molecule has 5 rings (SSSR count). The van der Waals surface area contributed by atoms with Gasteiger partial charge in [-0.2, -0.15) is 31.4 Å². The Morgan fingerprint density at radius 3 is 2.44 bits per heavy atom. The molecule has 36 heavy (non-hydrogen) atoms. The molecule has 0 aliphatic carbocycles. The number of nitrogens with zero attached hydrogens (tertiary/aromatic N) is 4. The van der Waals surface area contributed by atoms with Crippen LogP contribution in [0, 0.1) is 6.92 Å². The Morgan fingerprint density at radius 2 is 1.83 bits per heavy atom. The quantitative estimate of drug-likeness (QED) is 0.463. The second kappa shape index (κ2) is 8.36. The Balaban J connectivity index is 1.59. The summed E-state index contributed by atoms with van der Waals surface area (Å²) in [5.41, 5.74) is -1.93. The number of hydrogen-bond acceptors (Lipinski definition) is 7. The number of nitrogens with one attached hydrogen (secondary N) is 1. The van der Waals surface area contributed by atoms with Gasteiger partial charge in [-0.25, -0.2) is 4.98 Å². The number of benzene rings is 1. The molecule has 2 bridgehead atoms. The average molecular weight is 513 g/mol. The van der Waals surface area contributed by atoms with Crippen molar-refractivity contribution in [2.75, 3.05) is 23.4 Å². The number of alkyl halides is 6. The number of hydrogen-bond donors (Lipinski definition) is 2. The largest absolute Gasteiger partial charge is 0.508 e. The fraction of sp³-hybridized carbons (Fsp3) is 0.435. The van der Waals surface area contributed by atoms with Crippen molar-refractivity contribution in [2.24, 2.45) is 0 Å². The van der Waals surface area contributed by atoms with Crippen molar-refractivity contribution in [1.29, 1.82) is 0 Å². The molecule has 1 aromatic carbocycles. The summed E-state index contributed by atoms with van der Waals surface area (Å²) in [7, 11) is 0. The molecule has 192 valence electrons. The van der Waals surface area contributed by atoms with Crippen LogP contribution >= 0.6 is 0 Å². The van der Waals surface area contributed by atoms with E-state index in [-0.39, 0.29) is 45.8 Å². The van der Waals surface area contributed by atoms with Crippen LogP contribution in [-0.2, 0) is 17.1 Å². The summed E-state index contributed by atoms with van der Waals surface area (Å²) < 4.78 is 87.2. The van der Waals surface area contributed by atoms with Gasteiger partial charge >= 0.3 is 12.4 Å². The first kappa shape index (κ1) is 24.3. The monoisotopic (exact) mass is 513 g/mol. The van der Waals surface area contributed by atoms with E-state index in [4.69, 9.17) is 4.74 Å². The number of pyridine rings is 1. The molecule has 2 N–H and O–H groups in total. The van der Waals surface area contributed by atoms with Crippen molar-refractivity contribution in [3.63, 3.8) is 0 Å². The minimum absolute atomic E-state index is 0.0247. The molecule has 2 aliphatic rings. The fourth-order valence-electron chi connectivity index (χ4n) is 4.75. The van der Waals surface area contributed by atoms with E-state index in [9.17, 15) is 31.4 Å². The molecule has 0 saturated carbocycles. The summed E-state index contributed by atoms with van der Waals surface area (Å²) in [6.07, 6.45) is -8.94. The maximum atomic E-state index is 14.0. The Labute approximate surface area is 201 Å². The minimum atomic E-state index is -4.72. The Bertz CT molecular complexity index is 1330. The number of anilines is 2. The number of morpholine rings is 1. The Morgan fingerprint density at radius 1 is 1.08 bits per heavy atom. The third-order valence-electron chi connectivity index (χ3n) is 6.50. The molecular formula is C23H21F6N5O2. The zero-order valence-corrected chi connectivity index (χ0v) is 19.1. The predicted octanol–water partition coefficient (Wildman–Crippen LogP) is 5.23. The number of rotatable bonds is 4. The summed E-state index contributed by atoms with van der Waals surface area (Å²) >= 11 is 0. The first-order valence-corrected chi connectivity index (χ1v) is 11.1. The normalized spacial score (nSPS) is 20.8. The zero-order chi connectivity index (χ0) is 26.0. The summed E-state index contributed by atoms with van der Waals surface area (Å²) in [5, 5.41) is 21.0. The van der Waals surface area contributed by atoms with Crippen LogP contribution in [0.2, 0.25) is 0 Å². The van der Waals surface area contributed by atoms with Crippen molar-refractivity contribution < 1.29 is 36.2 Å². The molecule has 0 spiro atoms. The van der Waals surface area contributed by atoms with Crippen molar-refractivity contribution >= 4 is 22.4 Å². The van der Waals surface area contributed by atoms with Crippen molar-refractivity contribution in [1.82, 2.24) is 15.2 Å². The maximum Gasteiger partial charge on any atom is 0.435 e. The number of aromatic nitrogens is 3. The van der Waals surface area contributed by atoms with Gasteiger partial charge in [-0.1, -0.05) is 0 Å². The first-order chi connectivity index (χ1) is 16.8. The zero-order valence-electron chi connectivity index (χ0n) is 19.1. The maximum absolute atomic E-state index is 14.0. The van der Waals surface area contributed by atoms with Gasteiger partial charge in [0, 0.05) is 11.9 Å². The summed E-state index contributed by atoms with van der Waals surface area (Å²) in [4.78, 5) is 5.57. The SMILES string of the molecule is Cc1nnc(N[C@H](C)c2cc(O)cc(C(F)(F)F)c2)c2cc(N3CC4CC3CO4)c(C(F)(F)F)nc12. The van der Waals surface area contributed by atoms with Crippen LogP contribution in [0.4, 0.5) is 37.8 Å². The number of halogens is 6. The van der Waals surface area contributed by atoms with Gasteiger partial charge < -0.3 is 20.1 Å². The molecule has 2 saturated heterocycles. The van der Waals surface area contributed by atoms with E-state index in [0.29, 0.717) is 25.6 Å². The summed E-state index contributed by atoms with van der Waals surface area (Å²) in [6, 6.07) is 3.00. The molecule has 13 heteroatoms. The van der Waals surface area contributed by atoms with Gasteiger partial charge in [-0.05, 0) is 50.1 Å². The lowest BCUT2D eigenvalue weighted by molar-refractivity contribution is -0.140. The highest BCUT2D eigenvalue weighted by Gasteiger charge is 2.44. The van der Waals surface area contributed by atoms with Crippen LogP contribution in [0.25, 0.3) is 10.9 Å². The van der Waals surface area contributed by atoms with E-state index in [2.05, 4.69) is 20.5 Å². The fourth-order valence-corrected chi connectivity index (χ4v) is 4.75. The molecule has 0 radical (unpaired) electrons. The third-order valence-corrected chi connectivity index (χ3v) is 6.50. The van der Waals surface area contributed by atoms with Gasteiger partial charge in [0.05, 0.1) is 47.3 Å². The highest BCUT2D eigenvalue weighted by atomic mass is 19.4. The van der Waals surface area contributed by atoms with E-state index in [1.54, 1.807) is 4.90 Å². The van der Waals surface area contributed by atoms with E-state index in [0.717, 1.165) is 6.07 Å². The second-order valence-corrected chi connectivity index (χ2v) is 9.06. The highest BCUT2D eigenvalue weighted by Crippen LogP contribution is 2.43. The molecule has 3 aromatic rings. The van der Waals surface area contributed by atoms with E-state index >= 15 is 0 Å². The van der Waals surface area contributed by atoms with Gasteiger partial charge in [-0.15, -0.1) is 5.10 Å². The number of phenols is 1. The molecule has 4 heterocycles. The average Bonchev–Trinajstić information content (AvgIpc) is 3.42. The van der Waals surface area contributed by atoms with Crippen molar-refractivity contribution in [3.8, 4) is 5.75 Å². The lowest BCUT2D eigenvalue weighted by Crippen LogP contribution is -2.38. The van der Waals surface area contributed by atoms with Crippen LogP contribution in [-0.4, -0.2) is 45.6 Å². The predicted molar refractivity (Wildman–Crippen MR) is 118 cm³/mol. The topological polar surface area (TPSA) is 83.4 Å². The van der Waals surface area contributed by atoms with Gasteiger partial charge in [-0.3, -0.25) is 0 Å². The third kappa shape index (κ3) is 4.36. The van der Waals surface area contributed by atoms with Crippen LogP contribution < -0.4 is 10.2 Å². The molecule has 7 nitrogen and oxygen atoms in total.